The molecular formula is C24H22Cl2N8O. The first-order valence-corrected chi connectivity index (χ1v) is 11.8. The van der Waals surface area contributed by atoms with E-state index >= 15 is 0 Å². The van der Waals surface area contributed by atoms with Gasteiger partial charge in [0, 0.05) is 42.5 Å². The summed E-state index contributed by atoms with van der Waals surface area (Å²) in [6.45, 7) is 4.13. The Balaban J connectivity index is 1.38. The number of fused-ring (bicyclic) bond motifs is 1. The number of nitrogens with zero attached hydrogens (tertiary/aromatic N) is 6. The van der Waals surface area contributed by atoms with Crippen LogP contribution in [-0.2, 0) is 0 Å². The Hall–Kier alpha value is -3.69. The van der Waals surface area contributed by atoms with Gasteiger partial charge in [0.15, 0.2) is 17.0 Å². The Bertz CT molecular complexity index is 1420. The van der Waals surface area contributed by atoms with Crippen LogP contribution in [0, 0.1) is 6.92 Å². The molecule has 3 N–H and O–H groups in total. The van der Waals surface area contributed by atoms with Gasteiger partial charge >= 0.3 is 6.03 Å². The molecule has 0 bridgehead atoms. The molecule has 178 valence electrons. The summed E-state index contributed by atoms with van der Waals surface area (Å²) >= 11 is 12.4. The maximum absolute atomic E-state index is 12.8. The lowest BCUT2D eigenvalue weighted by Gasteiger charge is -2.35. The normalized spacial score (nSPS) is 13.8. The zero-order valence-electron chi connectivity index (χ0n) is 18.9. The van der Waals surface area contributed by atoms with Crippen LogP contribution >= 0.6 is 23.2 Å². The van der Waals surface area contributed by atoms with Crippen molar-refractivity contribution >= 4 is 57.9 Å². The van der Waals surface area contributed by atoms with E-state index in [-0.39, 0.29) is 12.0 Å². The van der Waals surface area contributed by atoms with Crippen molar-refractivity contribution in [3.63, 3.8) is 0 Å². The van der Waals surface area contributed by atoms with Gasteiger partial charge in [-0.25, -0.2) is 14.8 Å². The second-order valence-electron chi connectivity index (χ2n) is 8.23. The van der Waals surface area contributed by atoms with Gasteiger partial charge in [0.25, 0.3) is 0 Å². The third-order valence-corrected chi connectivity index (χ3v) is 6.30. The van der Waals surface area contributed by atoms with E-state index in [0.29, 0.717) is 64.5 Å². The summed E-state index contributed by atoms with van der Waals surface area (Å²) in [6.07, 6.45) is 1.60. The molecule has 3 heterocycles. The number of nitrogens with one attached hydrogen (secondary N) is 1. The number of aromatic nitrogens is 4. The molecule has 9 nitrogen and oxygen atoms in total. The lowest BCUT2D eigenvalue weighted by Crippen LogP contribution is -2.50. The minimum absolute atomic E-state index is 0.110. The van der Waals surface area contributed by atoms with Crippen molar-refractivity contribution in [2.45, 2.75) is 6.92 Å². The number of amides is 2. The van der Waals surface area contributed by atoms with Crippen LogP contribution in [0.4, 0.5) is 22.2 Å². The number of rotatable bonds is 3. The summed E-state index contributed by atoms with van der Waals surface area (Å²) in [6, 6.07) is 12.8. The standard InChI is InChI=1S/C24H22Cl2N8O/c1-14-3-2-4-16(11-14)29-24(35)34-9-7-33(8-10-34)22-20-21(31-23(27)32-22)28-13-19(30-20)17-6-5-15(25)12-18(17)26/h2-6,11-13H,7-10H2,1H3,(H,29,35)(H2,27,28,31,32). The first-order valence-electron chi connectivity index (χ1n) is 11.0. The second-order valence-corrected chi connectivity index (χ2v) is 9.07. The topological polar surface area (TPSA) is 113 Å². The molecule has 2 amide bonds. The summed E-state index contributed by atoms with van der Waals surface area (Å²) in [5.74, 6) is 0.685. The number of hydrogen-bond acceptors (Lipinski definition) is 7. The molecule has 0 radical (unpaired) electrons. The van der Waals surface area contributed by atoms with Crippen LogP contribution in [0.5, 0.6) is 0 Å². The van der Waals surface area contributed by atoms with Gasteiger partial charge in [0.1, 0.15) is 0 Å². The van der Waals surface area contributed by atoms with Crippen LogP contribution in [0.15, 0.2) is 48.7 Å². The van der Waals surface area contributed by atoms with Crippen LogP contribution in [0.2, 0.25) is 10.0 Å². The molecule has 2 aromatic carbocycles. The predicted octanol–water partition coefficient (Wildman–Crippen LogP) is 4.64. The van der Waals surface area contributed by atoms with Crippen LogP contribution in [-0.4, -0.2) is 57.0 Å². The van der Waals surface area contributed by atoms with Crippen LogP contribution in [0.3, 0.4) is 0 Å². The van der Waals surface area contributed by atoms with Crippen LogP contribution in [0.25, 0.3) is 22.4 Å². The molecular weight excluding hydrogens is 487 g/mol. The number of aryl methyl sites for hydroxylation is 1. The molecule has 0 atom stereocenters. The minimum atomic E-state index is -0.137. The SMILES string of the molecule is Cc1cccc(NC(=O)N2CCN(c3nc(N)nc4ncc(-c5ccc(Cl)cc5Cl)nc34)CC2)c1. The van der Waals surface area contributed by atoms with Gasteiger partial charge in [-0.15, -0.1) is 0 Å². The number of anilines is 3. The van der Waals surface area contributed by atoms with Crippen molar-refractivity contribution in [2.24, 2.45) is 0 Å². The van der Waals surface area contributed by atoms with Crippen molar-refractivity contribution in [2.75, 3.05) is 42.1 Å². The number of halogens is 2. The molecule has 1 saturated heterocycles. The number of benzene rings is 2. The highest BCUT2D eigenvalue weighted by Gasteiger charge is 2.25. The summed E-state index contributed by atoms with van der Waals surface area (Å²) in [5, 5.41) is 3.96. The Morgan fingerprint density at radius 2 is 1.83 bits per heavy atom. The zero-order chi connectivity index (χ0) is 24.5. The Kier molecular flexibility index (Phi) is 6.27. The average molecular weight is 509 g/mol. The van der Waals surface area contributed by atoms with Gasteiger partial charge in [0.2, 0.25) is 5.95 Å². The number of urea groups is 1. The second kappa shape index (κ2) is 9.52. The van der Waals surface area contributed by atoms with E-state index in [1.165, 1.54) is 0 Å². The monoisotopic (exact) mass is 508 g/mol. The summed E-state index contributed by atoms with van der Waals surface area (Å²) < 4.78 is 0. The van der Waals surface area contributed by atoms with Crippen molar-refractivity contribution < 1.29 is 4.79 Å². The van der Waals surface area contributed by atoms with E-state index in [9.17, 15) is 4.79 Å². The lowest BCUT2D eigenvalue weighted by molar-refractivity contribution is 0.208. The lowest BCUT2D eigenvalue weighted by atomic mass is 10.1. The molecule has 11 heteroatoms. The van der Waals surface area contributed by atoms with Gasteiger partial charge in [-0.3, -0.25) is 0 Å². The fourth-order valence-electron chi connectivity index (χ4n) is 4.00. The van der Waals surface area contributed by atoms with Gasteiger partial charge in [0.05, 0.1) is 16.9 Å². The molecule has 2 aromatic heterocycles. The highest BCUT2D eigenvalue weighted by molar-refractivity contribution is 6.36. The molecule has 5 rings (SSSR count). The Morgan fingerprint density at radius 3 is 2.57 bits per heavy atom. The molecule has 1 aliphatic rings. The fourth-order valence-corrected chi connectivity index (χ4v) is 4.51. The number of nitrogens with two attached hydrogens (primary N) is 1. The highest BCUT2D eigenvalue weighted by atomic mass is 35.5. The van der Waals surface area contributed by atoms with Gasteiger partial charge in [-0.1, -0.05) is 35.3 Å². The van der Waals surface area contributed by atoms with Crippen molar-refractivity contribution in [1.29, 1.82) is 0 Å². The van der Waals surface area contributed by atoms with E-state index in [0.717, 1.165) is 11.3 Å². The smallest absolute Gasteiger partial charge is 0.321 e. The number of carbonyl (C=O) groups is 1. The van der Waals surface area contributed by atoms with Gasteiger partial charge in [-0.2, -0.15) is 9.97 Å². The average Bonchev–Trinajstić information content (AvgIpc) is 2.83. The van der Waals surface area contributed by atoms with Crippen molar-refractivity contribution in [3.8, 4) is 11.3 Å². The summed E-state index contributed by atoms with van der Waals surface area (Å²) in [4.78, 5) is 34.5. The summed E-state index contributed by atoms with van der Waals surface area (Å²) in [5.41, 5.74) is 10.0. The molecule has 4 aromatic rings. The molecule has 35 heavy (non-hydrogen) atoms. The third-order valence-electron chi connectivity index (χ3n) is 5.75. The molecule has 1 aliphatic heterocycles. The first-order chi connectivity index (χ1) is 16.9. The van der Waals surface area contributed by atoms with Crippen molar-refractivity contribution in [3.05, 3.63) is 64.3 Å². The largest absolute Gasteiger partial charge is 0.368 e. The highest BCUT2D eigenvalue weighted by Crippen LogP contribution is 2.31. The maximum atomic E-state index is 12.8. The number of nitrogen functional groups attached to an aromatic ring is 1. The Labute approximate surface area is 211 Å². The van der Waals surface area contributed by atoms with Gasteiger partial charge in [-0.05, 0) is 42.8 Å². The van der Waals surface area contributed by atoms with E-state index < -0.39 is 0 Å². The summed E-state index contributed by atoms with van der Waals surface area (Å²) in [7, 11) is 0. The number of carbonyl (C=O) groups excluding carboxylic acids is 1. The quantitative estimate of drug-likeness (QED) is 0.414. The molecule has 0 saturated carbocycles. The van der Waals surface area contributed by atoms with E-state index in [4.69, 9.17) is 33.9 Å². The third kappa shape index (κ3) is 4.91. The minimum Gasteiger partial charge on any atom is -0.368 e. The van der Waals surface area contributed by atoms with E-state index in [2.05, 4.69) is 20.3 Å². The number of hydrogen-bond donors (Lipinski definition) is 2. The first kappa shape index (κ1) is 23.1. The number of piperazine rings is 1. The Morgan fingerprint density at radius 1 is 1.03 bits per heavy atom. The van der Waals surface area contributed by atoms with Gasteiger partial charge < -0.3 is 20.9 Å². The van der Waals surface area contributed by atoms with E-state index in [1.807, 2.05) is 36.1 Å². The predicted molar refractivity (Wildman–Crippen MR) is 139 cm³/mol. The fraction of sp³-hybridized carbons (Fsp3) is 0.208. The van der Waals surface area contributed by atoms with E-state index in [1.54, 1.807) is 29.3 Å². The maximum Gasteiger partial charge on any atom is 0.321 e. The molecule has 0 aliphatic carbocycles. The van der Waals surface area contributed by atoms with Crippen LogP contribution < -0.4 is 16.0 Å². The molecule has 1 fully saturated rings. The molecule has 0 unspecified atom stereocenters. The zero-order valence-corrected chi connectivity index (χ0v) is 20.4. The molecule has 0 spiro atoms. The van der Waals surface area contributed by atoms with Crippen molar-refractivity contribution in [1.82, 2.24) is 24.8 Å². The van der Waals surface area contributed by atoms with Crippen LogP contribution in [0.1, 0.15) is 5.56 Å².